The van der Waals surface area contributed by atoms with E-state index in [0.717, 1.165) is 60.2 Å². The van der Waals surface area contributed by atoms with E-state index in [0.29, 0.717) is 0 Å². The van der Waals surface area contributed by atoms with Crippen molar-refractivity contribution in [3.05, 3.63) is 182 Å². The van der Waals surface area contributed by atoms with E-state index in [1.807, 2.05) is 6.07 Å². The lowest BCUT2D eigenvalue weighted by molar-refractivity contribution is 0.665. The van der Waals surface area contributed by atoms with Gasteiger partial charge in [-0.25, -0.2) is 0 Å². The Hall–Kier alpha value is -7.16. The van der Waals surface area contributed by atoms with E-state index in [-0.39, 0.29) is 0 Å². The van der Waals surface area contributed by atoms with Gasteiger partial charge in [0.1, 0.15) is 22.3 Å². The second kappa shape index (κ2) is 11.2. The molecule has 0 bridgehead atoms. The molecule has 2 heterocycles. The third-order valence-electron chi connectivity index (χ3n) is 11.4. The summed E-state index contributed by atoms with van der Waals surface area (Å²) in [5.74, 6) is 0. The Bertz CT molecular complexity index is 3430. The zero-order valence-corrected chi connectivity index (χ0v) is 29.1. The van der Waals surface area contributed by atoms with Gasteiger partial charge in [-0.2, -0.15) is 0 Å². The molecule has 54 heavy (non-hydrogen) atoms. The largest absolute Gasteiger partial charge is 0.455 e. The highest BCUT2D eigenvalue weighted by Gasteiger charge is 2.22. The Morgan fingerprint density at radius 3 is 1.46 bits per heavy atom. The van der Waals surface area contributed by atoms with Crippen molar-refractivity contribution in [2.75, 3.05) is 0 Å². The maximum absolute atomic E-state index is 6.87. The highest BCUT2D eigenvalue weighted by Crippen LogP contribution is 2.48. The van der Waals surface area contributed by atoms with Crippen molar-refractivity contribution in [1.29, 1.82) is 0 Å². The van der Waals surface area contributed by atoms with Crippen molar-refractivity contribution in [1.82, 2.24) is 0 Å². The van der Waals surface area contributed by atoms with Gasteiger partial charge in [-0.3, -0.25) is 0 Å². The molecule has 0 fully saturated rings. The third-order valence-corrected chi connectivity index (χ3v) is 11.4. The van der Waals surface area contributed by atoms with Crippen LogP contribution in [0.2, 0.25) is 0 Å². The second-order valence-electron chi connectivity index (χ2n) is 14.3. The van der Waals surface area contributed by atoms with Crippen LogP contribution in [0.25, 0.3) is 120 Å². The molecule has 0 aliphatic carbocycles. The second-order valence-corrected chi connectivity index (χ2v) is 14.3. The first kappa shape index (κ1) is 29.4. The van der Waals surface area contributed by atoms with E-state index in [9.17, 15) is 0 Å². The highest BCUT2D eigenvalue weighted by atomic mass is 16.3. The van der Waals surface area contributed by atoms with Gasteiger partial charge in [0.2, 0.25) is 0 Å². The summed E-state index contributed by atoms with van der Waals surface area (Å²) in [5.41, 5.74) is 10.7. The highest BCUT2D eigenvalue weighted by molar-refractivity contribution is 6.34. The molecule has 0 N–H and O–H groups in total. The van der Waals surface area contributed by atoms with Gasteiger partial charge in [-0.15, -0.1) is 0 Å². The topological polar surface area (TPSA) is 26.3 Å². The lowest BCUT2D eigenvalue weighted by Crippen LogP contribution is -1.91. The van der Waals surface area contributed by atoms with Gasteiger partial charge in [0, 0.05) is 21.5 Å². The molecule has 250 valence electrons. The quantitative estimate of drug-likeness (QED) is 0.173. The molecule has 0 atom stereocenters. The first-order chi connectivity index (χ1) is 26.8. The first-order valence-corrected chi connectivity index (χ1v) is 18.5. The fraction of sp³-hybridized carbons (Fsp3) is 0. The van der Waals surface area contributed by atoms with E-state index in [4.69, 9.17) is 8.83 Å². The number of rotatable bonds is 3. The molecule has 0 spiro atoms. The van der Waals surface area contributed by atoms with E-state index < -0.39 is 0 Å². The number of para-hydroxylation sites is 1. The SMILES string of the molecule is c1ccc(-c2ccc3ccc(-c4c5ccccc5c(-c5ccc6c(c5)oc5c7ccccc7c7c8ccccc8oc7c65)c5ccccc45)cc3c2)cc1. The lowest BCUT2D eigenvalue weighted by atomic mass is 9.85. The summed E-state index contributed by atoms with van der Waals surface area (Å²) < 4.78 is 13.5. The monoisotopic (exact) mass is 686 g/mol. The smallest absolute Gasteiger partial charge is 0.147 e. The molecular weight excluding hydrogens is 657 g/mol. The maximum Gasteiger partial charge on any atom is 0.147 e. The van der Waals surface area contributed by atoms with Crippen molar-refractivity contribution in [2.24, 2.45) is 0 Å². The van der Waals surface area contributed by atoms with Crippen LogP contribution in [-0.4, -0.2) is 0 Å². The van der Waals surface area contributed by atoms with Crippen molar-refractivity contribution in [2.45, 2.75) is 0 Å². The predicted molar refractivity (Wildman–Crippen MR) is 227 cm³/mol. The molecular formula is C52H30O2. The van der Waals surface area contributed by atoms with E-state index in [1.54, 1.807) is 0 Å². The summed E-state index contributed by atoms with van der Waals surface area (Å²) in [7, 11) is 0. The molecule has 0 saturated heterocycles. The van der Waals surface area contributed by atoms with Crippen LogP contribution in [0, 0.1) is 0 Å². The van der Waals surface area contributed by atoms with Crippen molar-refractivity contribution in [3.63, 3.8) is 0 Å². The summed E-state index contributed by atoms with van der Waals surface area (Å²) in [6.45, 7) is 0. The molecule has 0 radical (unpaired) electrons. The molecule has 2 aromatic heterocycles. The fourth-order valence-electron chi connectivity index (χ4n) is 9.02. The molecule has 2 heteroatoms. The molecule has 0 aliphatic heterocycles. The van der Waals surface area contributed by atoms with Crippen molar-refractivity contribution < 1.29 is 8.83 Å². The van der Waals surface area contributed by atoms with Gasteiger partial charge in [-0.05, 0) is 101 Å². The standard InChI is InChI=1S/C52H30O2/c1-2-12-31(13-3-1)33-24-22-32-23-25-34(29-36(32)28-33)47-37-14-4-6-16-39(37)48(40-17-7-5-15-38(40)47)35-26-27-44-46(30-35)54-51-42-19-9-8-18-41(42)49-43-20-10-11-21-45(43)53-52(49)50(44)51/h1-30H. The zero-order valence-electron chi connectivity index (χ0n) is 29.1. The lowest BCUT2D eigenvalue weighted by Gasteiger charge is -2.18. The maximum atomic E-state index is 6.87. The first-order valence-electron chi connectivity index (χ1n) is 18.5. The van der Waals surface area contributed by atoms with E-state index in [2.05, 4.69) is 176 Å². The average molecular weight is 687 g/mol. The van der Waals surface area contributed by atoms with Crippen LogP contribution in [0.5, 0.6) is 0 Å². The fourth-order valence-corrected chi connectivity index (χ4v) is 9.02. The molecule has 2 nitrogen and oxygen atoms in total. The Kier molecular flexibility index (Phi) is 6.09. The van der Waals surface area contributed by atoms with E-state index >= 15 is 0 Å². The van der Waals surface area contributed by atoms with Gasteiger partial charge in [0.15, 0.2) is 0 Å². The number of hydrogen-bond acceptors (Lipinski definition) is 2. The van der Waals surface area contributed by atoms with Crippen LogP contribution < -0.4 is 0 Å². The number of furan rings is 2. The minimum atomic E-state index is 0.849. The number of fused-ring (bicyclic) bond motifs is 13. The number of benzene rings is 10. The van der Waals surface area contributed by atoms with Crippen molar-refractivity contribution in [3.8, 4) is 33.4 Å². The molecule has 0 unspecified atom stereocenters. The summed E-state index contributed by atoms with van der Waals surface area (Å²) in [4.78, 5) is 0. The third kappa shape index (κ3) is 4.17. The Morgan fingerprint density at radius 1 is 0.259 bits per heavy atom. The van der Waals surface area contributed by atoms with Gasteiger partial charge in [0.25, 0.3) is 0 Å². The molecule has 12 aromatic rings. The van der Waals surface area contributed by atoms with Crippen LogP contribution in [0.3, 0.4) is 0 Å². The molecule has 12 rings (SSSR count). The van der Waals surface area contributed by atoms with Crippen LogP contribution in [0.4, 0.5) is 0 Å². The normalized spacial score (nSPS) is 12.1. The molecule has 0 aliphatic rings. The van der Waals surface area contributed by atoms with E-state index in [1.165, 1.54) is 60.1 Å². The van der Waals surface area contributed by atoms with Gasteiger partial charge >= 0.3 is 0 Å². The Labute approximate surface area is 310 Å². The van der Waals surface area contributed by atoms with Gasteiger partial charge in [0.05, 0.1) is 5.39 Å². The van der Waals surface area contributed by atoms with Gasteiger partial charge < -0.3 is 8.83 Å². The summed E-state index contributed by atoms with van der Waals surface area (Å²) in [5, 5.41) is 13.9. The van der Waals surface area contributed by atoms with Gasteiger partial charge in [-0.1, -0.05) is 152 Å². The van der Waals surface area contributed by atoms with Crippen LogP contribution in [0.15, 0.2) is 191 Å². The predicted octanol–water partition coefficient (Wildman–Crippen LogP) is 15.1. The summed E-state index contributed by atoms with van der Waals surface area (Å²) >= 11 is 0. The van der Waals surface area contributed by atoms with Crippen LogP contribution >= 0.6 is 0 Å². The Morgan fingerprint density at radius 2 is 0.759 bits per heavy atom. The number of hydrogen-bond donors (Lipinski definition) is 0. The van der Waals surface area contributed by atoms with Crippen LogP contribution in [-0.2, 0) is 0 Å². The van der Waals surface area contributed by atoms with Crippen LogP contribution in [0.1, 0.15) is 0 Å². The van der Waals surface area contributed by atoms with Crippen molar-refractivity contribution >= 4 is 87.0 Å². The Balaban J connectivity index is 1.11. The molecule has 10 aromatic carbocycles. The average Bonchev–Trinajstić information content (AvgIpc) is 3.82. The molecule has 0 saturated carbocycles. The minimum Gasteiger partial charge on any atom is -0.455 e. The minimum absolute atomic E-state index is 0.849. The summed E-state index contributed by atoms with van der Waals surface area (Å²) in [6.07, 6.45) is 0. The summed E-state index contributed by atoms with van der Waals surface area (Å²) in [6, 6.07) is 65.5. The molecule has 0 amide bonds. The zero-order chi connectivity index (χ0) is 35.3.